The summed E-state index contributed by atoms with van der Waals surface area (Å²) in [7, 11) is 0. The van der Waals surface area contributed by atoms with Gasteiger partial charge in [0, 0.05) is 18.3 Å². The molecule has 0 N–H and O–H groups in total. The molecular formula is C17H18N2O2. The lowest BCUT2D eigenvalue weighted by Crippen LogP contribution is -2.37. The fraction of sp³-hybridized carbons (Fsp3) is 0.294. The van der Waals surface area contributed by atoms with E-state index < -0.39 is 5.60 Å². The number of carbonyl (C=O) groups excluding carboxylic acids is 1. The highest BCUT2D eigenvalue weighted by molar-refractivity contribution is 5.94. The van der Waals surface area contributed by atoms with Gasteiger partial charge in [-0.05, 0) is 38.1 Å². The van der Waals surface area contributed by atoms with Gasteiger partial charge in [0.1, 0.15) is 5.60 Å². The van der Waals surface area contributed by atoms with E-state index in [1.54, 1.807) is 11.1 Å². The molecule has 2 heterocycles. The number of hydrogen-bond donors (Lipinski definition) is 0. The monoisotopic (exact) mass is 282 g/mol. The number of nitrogens with zero attached hydrogens (tertiary/aromatic N) is 2. The fourth-order valence-electron chi connectivity index (χ4n) is 2.45. The molecule has 4 nitrogen and oxygen atoms in total. The number of anilines is 1. The summed E-state index contributed by atoms with van der Waals surface area (Å²) in [6, 6.07) is 3.97. The Morgan fingerprint density at radius 2 is 2.10 bits per heavy atom. The van der Waals surface area contributed by atoms with E-state index >= 15 is 0 Å². The minimum atomic E-state index is -0.507. The molecule has 1 aromatic carbocycles. The zero-order valence-electron chi connectivity index (χ0n) is 12.5. The molecule has 1 aromatic rings. The minimum Gasteiger partial charge on any atom is -0.443 e. The van der Waals surface area contributed by atoms with Crippen LogP contribution in [0.4, 0.5) is 10.5 Å². The Labute approximate surface area is 123 Å². The van der Waals surface area contributed by atoms with Gasteiger partial charge in [0.25, 0.3) is 0 Å². The Bertz CT molecular complexity index is 767. The summed E-state index contributed by atoms with van der Waals surface area (Å²) in [4.78, 5) is 18.5. The zero-order valence-corrected chi connectivity index (χ0v) is 12.5. The first-order chi connectivity index (χ1) is 9.96. The van der Waals surface area contributed by atoms with E-state index in [1.807, 2.05) is 57.2 Å². The van der Waals surface area contributed by atoms with Crippen LogP contribution in [-0.4, -0.2) is 18.2 Å². The molecule has 0 unspecified atom stereocenters. The maximum Gasteiger partial charge on any atom is 0.415 e. The fourth-order valence-corrected chi connectivity index (χ4v) is 2.45. The Morgan fingerprint density at radius 3 is 2.86 bits per heavy atom. The van der Waals surface area contributed by atoms with E-state index in [0.717, 1.165) is 21.8 Å². The molecule has 21 heavy (non-hydrogen) atoms. The molecule has 0 fully saturated rings. The van der Waals surface area contributed by atoms with Crippen molar-refractivity contribution in [1.29, 1.82) is 0 Å². The topological polar surface area (TPSA) is 41.9 Å². The highest BCUT2D eigenvalue weighted by atomic mass is 16.6. The highest BCUT2D eigenvalue weighted by Crippen LogP contribution is 2.22. The van der Waals surface area contributed by atoms with Gasteiger partial charge >= 0.3 is 6.09 Å². The molecule has 0 radical (unpaired) electrons. The average Bonchev–Trinajstić information content (AvgIpc) is 2.68. The van der Waals surface area contributed by atoms with Crippen LogP contribution in [-0.2, 0) is 4.74 Å². The predicted octanol–water partition coefficient (Wildman–Crippen LogP) is 2.38. The minimum absolute atomic E-state index is 0.323. The molecule has 3 rings (SSSR count). The van der Waals surface area contributed by atoms with Gasteiger partial charge in [0.05, 0.1) is 11.0 Å². The molecule has 0 saturated carbocycles. The number of carbonyl (C=O) groups is 1. The molecular weight excluding hydrogens is 264 g/mol. The van der Waals surface area contributed by atoms with Crippen molar-refractivity contribution in [1.82, 2.24) is 0 Å². The third-order valence-electron chi connectivity index (χ3n) is 3.28. The van der Waals surface area contributed by atoms with E-state index in [-0.39, 0.29) is 6.09 Å². The van der Waals surface area contributed by atoms with Crippen molar-refractivity contribution in [3.8, 4) is 0 Å². The van der Waals surface area contributed by atoms with E-state index in [1.165, 1.54) is 0 Å². The molecule has 0 atom stereocenters. The number of benzene rings is 1. The Hall–Kier alpha value is -2.36. The molecule has 0 spiro atoms. The van der Waals surface area contributed by atoms with Gasteiger partial charge in [-0.3, -0.25) is 9.89 Å². The number of ether oxygens (including phenoxy) is 1. The van der Waals surface area contributed by atoms with Crippen molar-refractivity contribution in [2.45, 2.75) is 26.4 Å². The van der Waals surface area contributed by atoms with E-state index in [9.17, 15) is 4.79 Å². The smallest absolute Gasteiger partial charge is 0.415 e. The van der Waals surface area contributed by atoms with E-state index in [0.29, 0.717) is 6.54 Å². The second-order valence-corrected chi connectivity index (χ2v) is 6.06. The van der Waals surface area contributed by atoms with Gasteiger partial charge < -0.3 is 4.74 Å². The van der Waals surface area contributed by atoms with Gasteiger partial charge in [-0.25, -0.2) is 4.79 Å². The van der Waals surface area contributed by atoms with Crippen LogP contribution in [0.5, 0.6) is 0 Å². The predicted molar refractivity (Wildman–Crippen MR) is 83.4 cm³/mol. The Balaban J connectivity index is 2.07. The summed E-state index contributed by atoms with van der Waals surface area (Å²) >= 11 is 0. The summed E-state index contributed by atoms with van der Waals surface area (Å²) < 4.78 is 5.50. The van der Waals surface area contributed by atoms with Crippen molar-refractivity contribution in [2.24, 2.45) is 4.99 Å². The first kappa shape index (κ1) is 13.6. The molecule has 0 bridgehead atoms. The van der Waals surface area contributed by atoms with Gasteiger partial charge in [-0.1, -0.05) is 24.3 Å². The lowest BCUT2D eigenvalue weighted by molar-refractivity contribution is 0.0586. The van der Waals surface area contributed by atoms with Crippen molar-refractivity contribution in [3.63, 3.8) is 0 Å². The standard InChI is InChI=1S/C17H18N2O2/c1-17(2,3)21-16(20)19-11-9-12-7-8-14-13(15(12)19)6-4-5-10-18-14/h4-10H,11H2,1-3H3. The Morgan fingerprint density at radius 1 is 1.29 bits per heavy atom. The Kier molecular flexibility index (Phi) is 3.16. The second-order valence-electron chi connectivity index (χ2n) is 6.06. The molecule has 2 aliphatic heterocycles. The average molecular weight is 282 g/mol. The van der Waals surface area contributed by atoms with Crippen LogP contribution in [0, 0.1) is 0 Å². The molecule has 108 valence electrons. The van der Waals surface area contributed by atoms with Gasteiger partial charge in [-0.2, -0.15) is 0 Å². The maximum absolute atomic E-state index is 12.4. The number of hydrogen-bond acceptors (Lipinski definition) is 3. The zero-order chi connectivity index (χ0) is 15.0. The van der Waals surface area contributed by atoms with E-state index in [4.69, 9.17) is 4.74 Å². The third-order valence-corrected chi connectivity index (χ3v) is 3.28. The van der Waals surface area contributed by atoms with Gasteiger partial charge in [0.15, 0.2) is 0 Å². The summed E-state index contributed by atoms with van der Waals surface area (Å²) in [5.41, 5.74) is 1.33. The van der Waals surface area contributed by atoms with Crippen molar-refractivity contribution < 1.29 is 9.53 Å². The molecule has 0 aliphatic carbocycles. The molecule has 4 heteroatoms. The maximum atomic E-state index is 12.4. The summed E-state index contributed by atoms with van der Waals surface area (Å²) in [6.07, 6.45) is 9.26. The summed E-state index contributed by atoms with van der Waals surface area (Å²) in [5.74, 6) is 0. The van der Waals surface area contributed by atoms with Crippen LogP contribution < -0.4 is 15.5 Å². The van der Waals surface area contributed by atoms with Crippen LogP contribution in [0.1, 0.15) is 26.3 Å². The number of amides is 1. The second kappa shape index (κ2) is 4.88. The first-order valence-electron chi connectivity index (χ1n) is 7.00. The van der Waals surface area contributed by atoms with Crippen molar-refractivity contribution >= 4 is 23.9 Å². The molecule has 1 amide bonds. The van der Waals surface area contributed by atoms with Crippen LogP contribution in [0.15, 0.2) is 35.5 Å². The van der Waals surface area contributed by atoms with Gasteiger partial charge in [-0.15, -0.1) is 0 Å². The number of fused-ring (bicyclic) bond motifs is 3. The largest absolute Gasteiger partial charge is 0.443 e. The lowest BCUT2D eigenvalue weighted by atomic mass is 10.1. The summed E-state index contributed by atoms with van der Waals surface area (Å²) in [5, 5.41) is 1.91. The van der Waals surface area contributed by atoms with E-state index in [2.05, 4.69) is 4.99 Å². The number of rotatable bonds is 0. The summed E-state index contributed by atoms with van der Waals surface area (Å²) in [6.45, 7) is 6.14. The highest BCUT2D eigenvalue weighted by Gasteiger charge is 2.27. The van der Waals surface area contributed by atoms with Crippen LogP contribution in [0.2, 0.25) is 0 Å². The van der Waals surface area contributed by atoms with Crippen molar-refractivity contribution in [3.05, 3.63) is 46.6 Å². The normalized spacial score (nSPS) is 15.7. The molecule has 0 aromatic heterocycles. The van der Waals surface area contributed by atoms with Crippen LogP contribution in [0.25, 0.3) is 12.2 Å². The molecule has 0 saturated heterocycles. The molecule has 2 aliphatic rings. The SMILES string of the molecule is CC(C)(C)OC(=O)N1CC=c2ccc3c(c21)C=CC=CN=3. The first-order valence-corrected chi connectivity index (χ1v) is 7.00. The van der Waals surface area contributed by atoms with Gasteiger partial charge in [0.2, 0.25) is 0 Å². The quantitative estimate of drug-likeness (QED) is 0.733. The van der Waals surface area contributed by atoms with Crippen molar-refractivity contribution in [2.75, 3.05) is 11.4 Å². The van der Waals surface area contributed by atoms with Crippen LogP contribution >= 0.6 is 0 Å². The third kappa shape index (κ3) is 2.61. The van der Waals surface area contributed by atoms with Crippen LogP contribution in [0.3, 0.4) is 0 Å². The number of allylic oxidation sites excluding steroid dienone is 2. The lowest BCUT2D eigenvalue weighted by Gasteiger charge is -2.25.